The molecule has 14 heavy (non-hydrogen) atoms. The molecule has 0 aliphatic rings. The van der Waals surface area contributed by atoms with Gasteiger partial charge in [0.15, 0.2) is 0 Å². The summed E-state index contributed by atoms with van der Waals surface area (Å²) in [5.41, 5.74) is 0. The third-order valence-electron chi connectivity index (χ3n) is 2.03. The molecule has 0 radical (unpaired) electrons. The number of methoxy groups -OCH3 is 1. The van der Waals surface area contributed by atoms with Crippen LogP contribution in [-0.4, -0.2) is 15.2 Å². The first-order valence-electron chi connectivity index (χ1n) is 4.40. The van der Waals surface area contributed by atoms with Crippen molar-refractivity contribution in [3.63, 3.8) is 0 Å². The van der Waals surface area contributed by atoms with E-state index in [0.717, 1.165) is 15.2 Å². The van der Waals surface area contributed by atoms with Crippen molar-refractivity contribution in [2.45, 2.75) is 19.6 Å². The van der Waals surface area contributed by atoms with Gasteiger partial charge in [0.05, 0.1) is 20.2 Å². The van der Waals surface area contributed by atoms with Crippen LogP contribution >= 0.6 is 27.5 Å². The molecular formula is C10H14BrClOSi. The zero-order valence-corrected chi connectivity index (χ0v) is 12.2. The van der Waals surface area contributed by atoms with E-state index in [4.69, 9.17) is 16.3 Å². The Morgan fingerprint density at radius 2 is 1.86 bits per heavy atom. The largest absolute Gasteiger partial charge is 0.495 e. The predicted octanol–water partition coefficient (Wildman–Crippen LogP) is 3.66. The maximum absolute atomic E-state index is 6.28. The molecule has 1 aromatic rings. The van der Waals surface area contributed by atoms with Crippen LogP contribution in [-0.2, 0) is 0 Å². The van der Waals surface area contributed by atoms with Gasteiger partial charge in [0.25, 0.3) is 0 Å². The van der Waals surface area contributed by atoms with Gasteiger partial charge in [-0.25, -0.2) is 0 Å². The molecule has 1 aromatic carbocycles. The van der Waals surface area contributed by atoms with Crippen LogP contribution < -0.4 is 9.92 Å². The molecule has 0 heterocycles. The lowest BCUT2D eigenvalue weighted by atomic mass is 10.3. The van der Waals surface area contributed by atoms with Crippen LogP contribution in [0.3, 0.4) is 0 Å². The molecule has 0 aliphatic carbocycles. The number of benzene rings is 1. The molecule has 78 valence electrons. The van der Waals surface area contributed by atoms with Crippen molar-refractivity contribution in [3.8, 4) is 5.75 Å². The number of hydrogen-bond donors (Lipinski definition) is 0. The van der Waals surface area contributed by atoms with E-state index in [1.807, 2.05) is 12.1 Å². The van der Waals surface area contributed by atoms with Gasteiger partial charge in [0, 0.05) is 4.47 Å². The van der Waals surface area contributed by atoms with Gasteiger partial charge in [-0.15, -0.1) is 0 Å². The summed E-state index contributed by atoms with van der Waals surface area (Å²) in [6.45, 7) is 6.79. The molecule has 0 N–H and O–H groups in total. The average Bonchev–Trinajstić information content (AvgIpc) is 2.02. The molecule has 0 spiro atoms. The summed E-state index contributed by atoms with van der Waals surface area (Å²) in [7, 11) is 0.213. The highest BCUT2D eigenvalue weighted by atomic mass is 79.9. The van der Waals surface area contributed by atoms with Crippen molar-refractivity contribution in [2.75, 3.05) is 7.11 Å². The van der Waals surface area contributed by atoms with Crippen molar-refractivity contribution in [3.05, 3.63) is 21.6 Å². The molecular weight excluding hydrogens is 280 g/mol. The van der Waals surface area contributed by atoms with Gasteiger partial charge in [-0.05, 0) is 17.3 Å². The Balaban J connectivity index is 3.40. The Labute approximate surface area is 99.6 Å². The van der Waals surface area contributed by atoms with Gasteiger partial charge in [-0.1, -0.05) is 47.2 Å². The zero-order chi connectivity index (χ0) is 10.9. The number of rotatable bonds is 2. The SMILES string of the molecule is COc1ccc(Br)c([Si](C)(C)C)c1Cl. The summed E-state index contributed by atoms with van der Waals surface area (Å²) in [5, 5.41) is 1.97. The van der Waals surface area contributed by atoms with Gasteiger partial charge in [-0.3, -0.25) is 0 Å². The summed E-state index contributed by atoms with van der Waals surface area (Å²) < 4.78 is 6.29. The van der Waals surface area contributed by atoms with Crippen molar-refractivity contribution >= 4 is 40.8 Å². The lowest BCUT2D eigenvalue weighted by Gasteiger charge is -2.21. The molecule has 0 aromatic heterocycles. The quantitative estimate of drug-likeness (QED) is 0.756. The zero-order valence-electron chi connectivity index (χ0n) is 8.82. The fraction of sp³-hybridized carbons (Fsp3) is 0.400. The number of hydrogen-bond acceptors (Lipinski definition) is 1. The maximum atomic E-state index is 6.28. The normalized spacial score (nSPS) is 11.6. The number of halogens is 2. The smallest absolute Gasteiger partial charge is 0.137 e. The van der Waals surface area contributed by atoms with Crippen molar-refractivity contribution in [2.24, 2.45) is 0 Å². The van der Waals surface area contributed by atoms with Crippen molar-refractivity contribution in [1.29, 1.82) is 0 Å². The Morgan fingerprint density at radius 3 is 2.29 bits per heavy atom. The highest BCUT2D eigenvalue weighted by Crippen LogP contribution is 2.28. The molecule has 0 unspecified atom stereocenters. The van der Waals surface area contributed by atoms with Crippen LogP contribution in [0.1, 0.15) is 0 Å². The van der Waals surface area contributed by atoms with E-state index in [-0.39, 0.29) is 0 Å². The van der Waals surface area contributed by atoms with E-state index in [0.29, 0.717) is 0 Å². The molecule has 1 nitrogen and oxygen atoms in total. The highest BCUT2D eigenvalue weighted by molar-refractivity contribution is 9.10. The lowest BCUT2D eigenvalue weighted by molar-refractivity contribution is 0.415. The average molecular weight is 294 g/mol. The third kappa shape index (κ3) is 2.33. The molecule has 1 rings (SSSR count). The molecule has 4 heteroatoms. The summed E-state index contributed by atoms with van der Waals surface area (Å²) in [5.74, 6) is 0.757. The van der Waals surface area contributed by atoms with Crippen molar-refractivity contribution < 1.29 is 4.74 Å². The molecule has 0 saturated carbocycles. The van der Waals surface area contributed by atoms with E-state index < -0.39 is 8.07 Å². The first-order valence-corrected chi connectivity index (χ1v) is 9.07. The van der Waals surface area contributed by atoms with Crippen LogP contribution in [0.25, 0.3) is 0 Å². The minimum Gasteiger partial charge on any atom is -0.495 e. The monoisotopic (exact) mass is 292 g/mol. The second kappa shape index (κ2) is 4.25. The van der Waals surface area contributed by atoms with Crippen LogP contribution in [0.4, 0.5) is 0 Å². The summed E-state index contributed by atoms with van der Waals surface area (Å²) >= 11 is 9.82. The Kier molecular flexibility index (Phi) is 3.67. The van der Waals surface area contributed by atoms with Gasteiger partial charge in [0.2, 0.25) is 0 Å². The second-order valence-corrected chi connectivity index (χ2v) is 10.4. The minimum absolute atomic E-state index is 0.751. The Hall–Kier alpha value is 0.00688. The fourth-order valence-corrected chi connectivity index (χ4v) is 6.28. The topological polar surface area (TPSA) is 9.23 Å². The third-order valence-corrected chi connectivity index (χ3v) is 5.61. The van der Waals surface area contributed by atoms with Crippen molar-refractivity contribution in [1.82, 2.24) is 0 Å². The molecule has 0 fully saturated rings. The Bertz CT molecular complexity index is 347. The van der Waals surface area contributed by atoms with Crippen LogP contribution in [0.15, 0.2) is 16.6 Å². The van der Waals surface area contributed by atoms with E-state index in [2.05, 4.69) is 35.6 Å². The van der Waals surface area contributed by atoms with Gasteiger partial charge >= 0.3 is 0 Å². The highest BCUT2D eigenvalue weighted by Gasteiger charge is 2.24. The number of ether oxygens (including phenoxy) is 1. The standard InChI is InChI=1S/C10H14BrClOSi/c1-13-8-6-5-7(11)10(9(8)12)14(2,3)4/h5-6H,1-4H3. The predicted molar refractivity (Wildman–Crippen MR) is 68.7 cm³/mol. The second-order valence-electron chi connectivity index (χ2n) is 4.19. The van der Waals surface area contributed by atoms with Gasteiger partial charge < -0.3 is 4.74 Å². The lowest BCUT2D eigenvalue weighted by Crippen LogP contribution is -2.39. The first kappa shape index (κ1) is 12.1. The van der Waals surface area contributed by atoms with E-state index in [1.165, 1.54) is 5.19 Å². The van der Waals surface area contributed by atoms with E-state index in [1.54, 1.807) is 7.11 Å². The Morgan fingerprint density at radius 1 is 1.29 bits per heavy atom. The maximum Gasteiger partial charge on any atom is 0.137 e. The summed E-state index contributed by atoms with van der Waals surface area (Å²) in [6, 6.07) is 3.88. The molecule has 0 saturated heterocycles. The van der Waals surface area contributed by atoms with Gasteiger partial charge in [0.1, 0.15) is 5.75 Å². The van der Waals surface area contributed by atoms with Crippen LogP contribution in [0, 0.1) is 0 Å². The molecule has 0 amide bonds. The summed E-state index contributed by atoms with van der Waals surface area (Å²) in [4.78, 5) is 0. The summed E-state index contributed by atoms with van der Waals surface area (Å²) in [6.07, 6.45) is 0. The minimum atomic E-state index is -1.43. The van der Waals surface area contributed by atoms with E-state index in [9.17, 15) is 0 Å². The van der Waals surface area contributed by atoms with Crippen LogP contribution in [0.2, 0.25) is 24.7 Å². The fourth-order valence-electron chi connectivity index (χ4n) is 1.38. The first-order chi connectivity index (χ1) is 6.38. The van der Waals surface area contributed by atoms with Crippen LogP contribution in [0.5, 0.6) is 5.75 Å². The molecule has 0 atom stereocenters. The van der Waals surface area contributed by atoms with Gasteiger partial charge in [-0.2, -0.15) is 0 Å². The molecule has 0 aliphatic heterocycles. The molecule has 0 bridgehead atoms. The van der Waals surface area contributed by atoms with E-state index >= 15 is 0 Å².